The van der Waals surface area contributed by atoms with Gasteiger partial charge in [0, 0.05) is 0 Å². The summed E-state index contributed by atoms with van der Waals surface area (Å²) in [6.45, 7) is 1.80. The number of hydrogen-bond acceptors (Lipinski definition) is 3. The van der Waals surface area contributed by atoms with Gasteiger partial charge < -0.3 is 14.8 Å². The second kappa shape index (κ2) is 4.29. The van der Waals surface area contributed by atoms with Crippen molar-refractivity contribution >= 4 is 5.91 Å². The molecule has 4 heteroatoms. The van der Waals surface area contributed by atoms with E-state index in [2.05, 4.69) is 5.32 Å². The zero-order valence-corrected chi connectivity index (χ0v) is 9.45. The highest BCUT2D eigenvalue weighted by atomic mass is 16.3. The normalized spacial score (nSPS) is 18.6. The second-order valence-corrected chi connectivity index (χ2v) is 4.51. The molecule has 0 aromatic carbocycles. The molecule has 0 spiro atoms. The predicted octanol–water partition coefficient (Wildman–Crippen LogP) is 1.62. The maximum absolute atomic E-state index is 11.9. The van der Waals surface area contributed by atoms with Crippen molar-refractivity contribution in [3.8, 4) is 0 Å². The van der Waals surface area contributed by atoms with Crippen LogP contribution in [-0.4, -0.2) is 23.2 Å². The lowest BCUT2D eigenvalue weighted by molar-refractivity contribution is 0.0809. The Morgan fingerprint density at radius 2 is 2.19 bits per heavy atom. The topological polar surface area (TPSA) is 62.5 Å². The van der Waals surface area contributed by atoms with Gasteiger partial charge in [0.15, 0.2) is 5.76 Å². The Morgan fingerprint density at radius 3 is 2.69 bits per heavy atom. The molecule has 0 unspecified atom stereocenters. The van der Waals surface area contributed by atoms with Gasteiger partial charge in [0.05, 0.1) is 12.1 Å². The molecule has 0 saturated heterocycles. The van der Waals surface area contributed by atoms with Crippen LogP contribution in [0.25, 0.3) is 0 Å². The van der Waals surface area contributed by atoms with Gasteiger partial charge >= 0.3 is 0 Å². The molecule has 2 rings (SSSR count). The van der Waals surface area contributed by atoms with Crippen LogP contribution in [0.1, 0.15) is 42.0 Å². The number of nitrogens with one attached hydrogen (secondary N) is 1. The third kappa shape index (κ3) is 2.11. The Bertz CT molecular complexity index is 377. The van der Waals surface area contributed by atoms with E-state index in [0.29, 0.717) is 5.76 Å². The number of aryl methyl sites for hydroxylation is 1. The van der Waals surface area contributed by atoms with Crippen molar-refractivity contribution in [1.82, 2.24) is 5.32 Å². The Labute approximate surface area is 94.6 Å². The molecular weight excluding hydrogens is 206 g/mol. The van der Waals surface area contributed by atoms with E-state index in [0.717, 1.165) is 31.4 Å². The fourth-order valence-electron chi connectivity index (χ4n) is 2.23. The van der Waals surface area contributed by atoms with Crippen LogP contribution in [0.15, 0.2) is 16.5 Å². The van der Waals surface area contributed by atoms with Crippen molar-refractivity contribution in [2.75, 3.05) is 6.61 Å². The Kier molecular flexibility index (Phi) is 3.01. The van der Waals surface area contributed by atoms with Gasteiger partial charge in [-0.05, 0) is 31.9 Å². The van der Waals surface area contributed by atoms with Gasteiger partial charge in [-0.1, -0.05) is 12.8 Å². The standard InChI is InChI=1S/C12H17NO3/c1-9-4-5-10(16-9)11(15)13-12(8-14)6-2-3-7-12/h4-5,14H,2-3,6-8H2,1H3,(H,13,15). The molecular formula is C12H17NO3. The Morgan fingerprint density at radius 1 is 1.50 bits per heavy atom. The quantitative estimate of drug-likeness (QED) is 0.818. The number of carbonyl (C=O) groups excluding carboxylic acids is 1. The van der Waals surface area contributed by atoms with E-state index in [1.165, 1.54) is 0 Å². The summed E-state index contributed by atoms with van der Waals surface area (Å²) in [5, 5.41) is 12.3. The van der Waals surface area contributed by atoms with Crippen LogP contribution in [0.5, 0.6) is 0 Å². The van der Waals surface area contributed by atoms with Crippen molar-refractivity contribution in [2.45, 2.75) is 38.1 Å². The second-order valence-electron chi connectivity index (χ2n) is 4.51. The average molecular weight is 223 g/mol. The van der Waals surface area contributed by atoms with Gasteiger partial charge in [0.1, 0.15) is 5.76 Å². The van der Waals surface area contributed by atoms with Crippen LogP contribution in [0.2, 0.25) is 0 Å². The molecule has 1 fully saturated rings. The highest BCUT2D eigenvalue weighted by molar-refractivity contribution is 5.92. The molecule has 1 amide bonds. The number of hydrogen-bond donors (Lipinski definition) is 2. The first-order valence-electron chi connectivity index (χ1n) is 5.65. The zero-order valence-electron chi connectivity index (χ0n) is 9.45. The summed E-state index contributed by atoms with van der Waals surface area (Å²) in [6.07, 6.45) is 3.79. The number of rotatable bonds is 3. The largest absolute Gasteiger partial charge is 0.456 e. The Hall–Kier alpha value is -1.29. The minimum absolute atomic E-state index is 0.00156. The fourth-order valence-corrected chi connectivity index (χ4v) is 2.23. The van der Waals surface area contributed by atoms with Crippen LogP contribution in [-0.2, 0) is 0 Å². The Balaban J connectivity index is 2.06. The zero-order chi connectivity index (χ0) is 11.6. The molecule has 1 aliphatic carbocycles. The molecule has 4 nitrogen and oxygen atoms in total. The molecule has 16 heavy (non-hydrogen) atoms. The number of amides is 1. The molecule has 2 N–H and O–H groups in total. The number of aliphatic hydroxyl groups is 1. The van der Waals surface area contributed by atoms with Gasteiger partial charge in [0.2, 0.25) is 0 Å². The number of carbonyl (C=O) groups is 1. The van der Waals surface area contributed by atoms with Crippen LogP contribution in [0.3, 0.4) is 0 Å². The average Bonchev–Trinajstić information content (AvgIpc) is 2.88. The summed E-state index contributed by atoms with van der Waals surface area (Å²) in [4.78, 5) is 11.9. The summed E-state index contributed by atoms with van der Waals surface area (Å²) >= 11 is 0. The van der Waals surface area contributed by atoms with Crippen molar-refractivity contribution in [3.63, 3.8) is 0 Å². The van der Waals surface area contributed by atoms with Gasteiger partial charge in [-0.3, -0.25) is 4.79 Å². The first kappa shape index (κ1) is 11.2. The van der Waals surface area contributed by atoms with E-state index in [-0.39, 0.29) is 12.5 Å². The van der Waals surface area contributed by atoms with Crippen molar-refractivity contribution in [2.24, 2.45) is 0 Å². The highest BCUT2D eigenvalue weighted by Gasteiger charge is 2.35. The van der Waals surface area contributed by atoms with Crippen LogP contribution in [0, 0.1) is 6.92 Å². The summed E-state index contributed by atoms with van der Waals surface area (Å²) in [5.74, 6) is 0.802. The smallest absolute Gasteiger partial charge is 0.287 e. The van der Waals surface area contributed by atoms with Crippen molar-refractivity contribution < 1.29 is 14.3 Å². The molecule has 1 aliphatic rings. The third-order valence-corrected chi connectivity index (χ3v) is 3.21. The van der Waals surface area contributed by atoms with Crippen LogP contribution >= 0.6 is 0 Å². The van der Waals surface area contributed by atoms with Gasteiger partial charge in [0.25, 0.3) is 5.91 Å². The lowest BCUT2D eigenvalue weighted by Crippen LogP contribution is -2.49. The monoisotopic (exact) mass is 223 g/mol. The lowest BCUT2D eigenvalue weighted by atomic mass is 9.99. The van der Waals surface area contributed by atoms with E-state index in [4.69, 9.17) is 4.42 Å². The molecule has 1 saturated carbocycles. The van der Waals surface area contributed by atoms with Crippen LogP contribution in [0.4, 0.5) is 0 Å². The summed E-state index contributed by atoms with van der Waals surface area (Å²) in [5.41, 5.74) is -0.433. The molecule has 1 heterocycles. The van der Waals surface area contributed by atoms with Gasteiger partial charge in [-0.25, -0.2) is 0 Å². The molecule has 0 aliphatic heterocycles. The lowest BCUT2D eigenvalue weighted by Gasteiger charge is -2.27. The molecule has 0 atom stereocenters. The summed E-state index contributed by atoms with van der Waals surface area (Å²) in [7, 11) is 0. The van der Waals surface area contributed by atoms with Crippen molar-refractivity contribution in [3.05, 3.63) is 23.7 Å². The van der Waals surface area contributed by atoms with Gasteiger partial charge in [-0.15, -0.1) is 0 Å². The van der Waals surface area contributed by atoms with Crippen LogP contribution < -0.4 is 5.32 Å². The van der Waals surface area contributed by atoms with Crippen molar-refractivity contribution in [1.29, 1.82) is 0 Å². The summed E-state index contributed by atoms with van der Waals surface area (Å²) < 4.78 is 5.25. The van der Waals surface area contributed by atoms with E-state index in [1.54, 1.807) is 19.1 Å². The molecule has 1 aromatic rings. The maximum atomic E-state index is 11.9. The molecule has 88 valence electrons. The maximum Gasteiger partial charge on any atom is 0.287 e. The molecule has 1 aromatic heterocycles. The molecule has 0 radical (unpaired) electrons. The minimum atomic E-state index is -0.433. The van der Waals surface area contributed by atoms with E-state index in [9.17, 15) is 9.90 Å². The molecule has 0 bridgehead atoms. The summed E-state index contributed by atoms with van der Waals surface area (Å²) in [6, 6.07) is 3.42. The first-order chi connectivity index (χ1) is 7.65. The highest BCUT2D eigenvalue weighted by Crippen LogP contribution is 2.29. The van der Waals surface area contributed by atoms with E-state index in [1.807, 2.05) is 0 Å². The SMILES string of the molecule is Cc1ccc(C(=O)NC2(CO)CCCC2)o1. The van der Waals surface area contributed by atoms with E-state index >= 15 is 0 Å². The first-order valence-corrected chi connectivity index (χ1v) is 5.65. The van der Waals surface area contributed by atoms with Gasteiger partial charge in [-0.2, -0.15) is 0 Å². The number of furan rings is 1. The predicted molar refractivity (Wildman–Crippen MR) is 59.2 cm³/mol. The third-order valence-electron chi connectivity index (χ3n) is 3.21. The van der Waals surface area contributed by atoms with E-state index < -0.39 is 5.54 Å². The minimum Gasteiger partial charge on any atom is -0.456 e. The number of aliphatic hydroxyl groups excluding tert-OH is 1. The fraction of sp³-hybridized carbons (Fsp3) is 0.583.